The fraction of sp³-hybridized carbons (Fsp3) is 0.190. The van der Waals surface area contributed by atoms with Crippen LogP contribution in [0.5, 0.6) is 5.75 Å². The number of nitrogens with one attached hydrogen (secondary N) is 3. The molecule has 0 bridgehead atoms. The van der Waals surface area contributed by atoms with Crippen LogP contribution in [-0.4, -0.2) is 30.6 Å². The number of rotatable bonds is 7. The summed E-state index contributed by atoms with van der Waals surface area (Å²) in [6.07, 6.45) is 0.675. The molecule has 9 heteroatoms. The molecule has 0 atom stereocenters. The zero-order valence-corrected chi connectivity index (χ0v) is 18.1. The average molecular weight is 445 g/mol. The van der Waals surface area contributed by atoms with Gasteiger partial charge in [0.15, 0.2) is 5.13 Å². The maximum absolute atomic E-state index is 12.5. The lowest BCUT2D eigenvalue weighted by Gasteiger charge is -2.06. The standard InChI is InChI=1S/C21H21ClN4O3S/c1-13-18(19(27)23-10-9-14-5-3-8-17(11-14)29-2)30-21(24-13)26-20(28)25-16-7-4-6-15(22)12-16/h3-8,11-12H,9-10H2,1-2H3,(H,23,27)(H2,24,25,26,28). The van der Waals surface area contributed by atoms with E-state index in [-0.39, 0.29) is 5.91 Å². The van der Waals surface area contributed by atoms with E-state index in [2.05, 4.69) is 20.9 Å². The number of carbonyl (C=O) groups excluding carboxylic acids is 2. The highest BCUT2D eigenvalue weighted by Gasteiger charge is 2.16. The first-order chi connectivity index (χ1) is 14.4. The van der Waals surface area contributed by atoms with E-state index in [1.807, 2.05) is 24.3 Å². The molecule has 2 aromatic carbocycles. The van der Waals surface area contributed by atoms with Gasteiger partial charge in [0.05, 0.1) is 12.8 Å². The molecule has 0 aliphatic heterocycles. The lowest BCUT2D eigenvalue weighted by atomic mass is 10.1. The first-order valence-electron chi connectivity index (χ1n) is 9.16. The van der Waals surface area contributed by atoms with Crippen LogP contribution in [0.15, 0.2) is 48.5 Å². The summed E-state index contributed by atoms with van der Waals surface area (Å²) in [5, 5.41) is 9.06. The molecule has 0 saturated carbocycles. The van der Waals surface area contributed by atoms with E-state index in [0.717, 1.165) is 22.6 Å². The van der Waals surface area contributed by atoms with Crippen molar-refractivity contribution in [2.24, 2.45) is 0 Å². The summed E-state index contributed by atoms with van der Waals surface area (Å²) in [7, 11) is 1.62. The number of aryl methyl sites for hydroxylation is 1. The number of ether oxygens (including phenoxy) is 1. The summed E-state index contributed by atoms with van der Waals surface area (Å²) in [4.78, 5) is 29.4. The van der Waals surface area contributed by atoms with Gasteiger partial charge in [-0.15, -0.1) is 0 Å². The number of thiazole rings is 1. The molecule has 0 aliphatic rings. The molecule has 3 rings (SSSR count). The Balaban J connectivity index is 1.54. The molecule has 1 heterocycles. The van der Waals surface area contributed by atoms with Crippen LogP contribution in [-0.2, 0) is 6.42 Å². The third kappa shape index (κ3) is 5.95. The van der Waals surface area contributed by atoms with Crippen molar-refractivity contribution in [1.82, 2.24) is 10.3 Å². The van der Waals surface area contributed by atoms with Gasteiger partial charge in [0, 0.05) is 17.3 Å². The molecule has 0 unspecified atom stereocenters. The number of halogens is 1. The normalized spacial score (nSPS) is 10.4. The molecule has 0 aliphatic carbocycles. The number of aromatic nitrogens is 1. The fourth-order valence-electron chi connectivity index (χ4n) is 2.71. The molecule has 0 fully saturated rings. The first-order valence-corrected chi connectivity index (χ1v) is 10.4. The second kappa shape index (κ2) is 10.1. The minimum absolute atomic E-state index is 0.226. The van der Waals surface area contributed by atoms with Crippen molar-refractivity contribution >= 4 is 45.7 Å². The van der Waals surface area contributed by atoms with Crippen molar-refractivity contribution in [1.29, 1.82) is 0 Å². The van der Waals surface area contributed by atoms with Gasteiger partial charge in [0.2, 0.25) is 0 Å². The van der Waals surface area contributed by atoms with Crippen LogP contribution < -0.4 is 20.7 Å². The zero-order valence-electron chi connectivity index (χ0n) is 16.5. The second-order valence-corrected chi connectivity index (χ2v) is 7.82. The average Bonchev–Trinajstić information content (AvgIpc) is 3.08. The molecule has 156 valence electrons. The molecule has 0 spiro atoms. The molecular formula is C21H21ClN4O3S. The van der Waals surface area contributed by atoms with Crippen LogP contribution >= 0.6 is 22.9 Å². The van der Waals surface area contributed by atoms with Crippen LogP contribution in [0.3, 0.4) is 0 Å². The van der Waals surface area contributed by atoms with Crippen molar-refractivity contribution in [2.75, 3.05) is 24.3 Å². The number of hydrogen-bond donors (Lipinski definition) is 3. The van der Waals surface area contributed by atoms with Gasteiger partial charge in [-0.25, -0.2) is 9.78 Å². The van der Waals surface area contributed by atoms with Crippen molar-refractivity contribution < 1.29 is 14.3 Å². The smallest absolute Gasteiger partial charge is 0.325 e. The number of amides is 3. The summed E-state index contributed by atoms with van der Waals surface area (Å²) in [5.41, 5.74) is 2.18. The topological polar surface area (TPSA) is 92.4 Å². The van der Waals surface area contributed by atoms with E-state index < -0.39 is 6.03 Å². The summed E-state index contributed by atoms with van der Waals surface area (Å²) in [6, 6.07) is 14.0. The van der Waals surface area contributed by atoms with Gasteiger partial charge >= 0.3 is 6.03 Å². The number of anilines is 2. The second-order valence-electron chi connectivity index (χ2n) is 6.38. The molecule has 3 N–H and O–H groups in total. The largest absolute Gasteiger partial charge is 0.497 e. The van der Waals surface area contributed by atoms with E-state index in [4.69, 9.17) is 16.3 Å². The van der Waals surface area contributed by atoms with Crippen LogP contribution in [0.25, 0.3) is 0 Å². The van der Waals surface area contributed by atoms with Gasteiger partial charge < -0.3 is 15.4 Å². The summed E-state index contributed by atoms with van der Waals surface area (Å²) in [6.45, 7) is 2.20. The molecule has 3 amide bonds. The van der Waals surface area contributed by atoms with E-state index in [0.29, 0.717) is 39.4 Å². The Morgan fingerprint density at radius 3 is 2.70 bits per heavy atom. The quantitative estimate of drug-likeness (QED) is 0.491. The molecule has 0 radical (unpaired) electrons. The number of urea groups is 1. The zero-order chi connectivity index (χ0) is 21.5. The van der Waals surface area contributed by atoms with Gasteiger partial charge in [-0.2, -0.15) is 0 Å². The Labute approximate surface area is 183 Å². The van der Waals surface area contributed by atoms with Gasteiger partial charge in [0.25, 0.3) is 5.91 Å². The van der Waals surface area contributed by atoms with Crippen molar-refractivity contribution in [3.05, 3.63) is 69.7 Å². The summed E-state index contributed by atoms with van der Waals surface area (Å²) in [5.74, 6) is 0.556. The SMILES string of the molecule is COc1cccc(CCNC(=O)c2sc(NC(=O)Nc3cccc(Cl)c3)nc2C)c1. The molecule has 0 saturated heterocycles. The monoisotopic (exact) mass is 444 g/mol. The third-order valence-electron chi connectivity index (χ3n) is 4.14. The Kier molecular flexibility index (Phi) is 7.26. The van der Waals surface area contributed by atoms with E-state index in [9.17, 15) is 9.59 Å². The lowest BCUT2D eigenvalue weighted by Crippen LogP contribution is -2.25. The third-order valence-corrected chi connectivity index (χ3v) is 5.45. The molecule has 30 heavy (non-hydrogen) atoms. The van der Waals surface area contributed by atoms with Crippen molar-refractivity contribution in [2.45, 2.75) is 13.3 Å². The molecule has 3 aromatic rings. The Hall–Kier alpha value is -3.10. The van der Waals surface area contributed by atoms with Crippen molar-refractivity contribution in [3.8, 4) is 5.75 Å². The molecular weight excluding hydrogens is 424 g/mol. The first kappa shape index (κ1) is 21.6. The predicted molar refractivity (Wildman–Crippen MR) is 120 cm³/mol. The van der Waals surface area contributed by atoms with E-state index in [1.165, 1.54) is 0 Å². The minimum Gasteiger partial charge on any atom is -0.497 e. The van der Waals surface area contributed by atoms with Crippen LogP contribution in [0.4, 0.5) is 15.6 Å². The number of methoxy groups -OCH3 is 1. The maximum atomic E-state index is 12.5. The van der Waals surface area contributed by atoms with Crippen molar-refractivity contribution in [3.63, 3.8) is 0 Å². The summed E-state index contributed by atoms with van der Waals surface area (Å²) >= 11 is 7.03. The van der Waals surface area contributed by atoms with E-state index >= 15 is 0 Å². The van der Waals surface area contributed by atoms with Crippen LogP contribution in [0.2, 0.25) is 5.02 Å². The van der Waals surface area contributed by atoms with Gasteiger partial charge in [-0.1, -0.05) is 41.1 Å². The number of nitrogens with zero attached hydrogens (tertiary/aromatic N) is 1. The Bertz CT molecular complexity index is 1050. The highest BCUT2D eigenvalue weighted by atomic mass is 35.5. The Morgan fingerprint density at radius 1 is 1.13 bits per heavy atom. The van der Waals surface area contributed by atoms with Crippen LogP contribution in [0.1, 0.15) is 20.9 Å². The highest BCUT2D eigenvalue weighted by molar-refractivity contribution is 7.17. The molecule has 7 nitrogen and oxygen atoms in total. The predicted octanol–water partition coefficient (Wildman–Crippen LogP) is 4.73. The number of carbonyl (C=O) groups is 2. The van der Waals surface area contributed by atoms with Gasteiger partial charge in [0.1, 0.15) is 10.6 Å². The Morgan fingerprint density at radius 2 is 1.93 bits per heavy atom. The van der Waals surface area contributed by atoms with E-state index in [1.54, 1.807) is 38.3 Å². The number of benzene rings is 2. The lowest BCUT2D eigenvalue weighted by molar-refractivity contribution is 0.0957. The fourth-order valence-corrected chi connectivity index (χ4v) is 3.78. The minimum atomic E-state index is -0.462. The van der Waals surface area contributed by atoms with Gasteiger partial charge in [-0.05, 0) is 49.2 Å². The van der Waals surface area contributed by atoms with Gasteiger partial charge in [-0.3, -0.25) is 10.1 Å². The maximum Gasteiger partial charge on any atom is 0.325 e. The number of hydrogen-bond acceptors (Lipinski definition) is 5. The molecule has 1 aromatic heterocycles. The van der Waals surface area contributed by atoms with Crippen LogP contribution in [0, 0.1) is 6.92 Å². The summed E-state index contributed by atoms with van der Waals surface area (Å²) < 4.78 is 5.20. The highest BCUT2D eigenvalue weighted by Crippen LogP contribution is 2.23.